The Kier molecular flexibility index (Phi) is 10.3. The number of ketones is 1. The fraction of sp³-hybridized carbons (Fsp3) is 0.353. The van der Waals surface area contributed by atoms with Crippen LogP contribution in [0.1, 0.15) is 70.4 Å². The lowest BCUT2D eigenvalue weighted by molar-refractivity contribution is 0.0397. The number of hydrogen-bond acceptors (Lipinski definition) is 7. The van der Waals surface area contributed by atoms with Crippen molar-refractivity contribution in [3.05, 3.63) is 88.7 Å². The molecule has 3 aromatic carbocycles. The number of furan rings is 1. The highest BCUT2D eigenvalue weighted by Gasteiger charge is 2.30. The van der Waals surface area contributed by atoms with E-state index >= 15 is 0 Å². The Bertz CT molecular complexity index is 1780. The molecule has 0 radical (unpaired) electrons. The monoisotopic (exact) mass is 636 g/mol. The molecule has 1 heterocycles. The Morgan fingerprint density at radius 1 is 0.978 bits per heavy atom. The number of ether oxygens (including phenoxy) is 2. The van der Waals surface area contributed by atoms with E-state index in [9.17, 15) is 22.4 Å². The van der Waals surface area contributed by atoms with Gasteiger partial charge in [-0.2, -0.15) is 0 Å². The molecule has 1 aromatic heterocycles. The molecule has 0 atom stereocenters. The van der Waals surface area contributed by atoms with Crippen LogP contribution in [0.3, 0.4) is 0 Å². The molecule has 9 nitrogen and oxygen atoms in total. The number of rotatable bonds is 16. The molecule has 1 aliphatic carbocycles. The minimum atomic E-state index is -3.67. The largest absolute Gasteiger partial charge is 0.455 e. The number of sulfonamides is 1. The van der Waals surface area contributed by atoms with Crippen molar-refractivity contribution in [1.82, 2.24) is 5.32 Å². The van der Waals surface area contributed by atoms with Crippen LogP contribution in [0.15, 0.2) is 65.1 Å². The van der Waals surface area contributed by atoms with Crippen LogP contribution in [-0.4, -0.2) is 52.7 Å². The summed E-state index contributed by atoms with van der Waals surface area (Å²) in [7, 11) is -2.15. The average molecular weight is 637 g/mol. The number of hydrogen-bond donors (Lipinski definition) is 2. The van der Waals surface area contributed by atoms with Crippen molar-refractivity contribution in [2.45, 2.75) is 45.1 Å². The lowest BCUT2D eigenvalue weighted by Crippen LogP contribution is -2.19. The third-order valence-electron chi connectivity index (χ3n) is 7.63. The van der Waals surface area contributed by atoms with Gasteiger partial charge in [0.15, 0.2) is 5.78 Å². The quantitative estimate of drug-likeness (QED) is 0.107. The number of unbranched alkanes of at least 4 members (excludes halogenated alkanes) is 1. The molecule has 1 saturated carbocycles. The molecule has 45 heavy (non-hydrogen) atoms. The van der Waals surface area contributed by atoms with Gasteiger partial charge in [0, 0.05) is 36.2 Å². The van der Waals surface area contributed by atoms with Crippen molar-refractivity contribution in [2.24, 2.45) is 0 Å². The van der Waals surface area contributed by atoms with Crippen LogP contribution in [0.4, 0.5) is 10.1 Å². The van der Waals surface area contributed by atoms with Crippen molar-refractivity contribution < 1.29 is 36.3 Å². The number of carbonyl (C=O) groups is 2. The highest BCUT2D eigenvalue weighted by molar-refractivity contribution is 7.92. The zero-order valence-corrected chi connectivity index (χ0v) is 26.2. The fourth-order valence-corrected chi connectivity index (χ4v) is 6.34. The van der Waals surface area contributed by atoms with E-state index < -0.39 is 15.8 Å². The molecule has 0 aliphatic heterocycles. The van der Waals surface area contributed by atoms with E-state index in [0.717, 1.165) is 24.0 Å². The van der Waals surface area contributed by atoms with Crippen LogP contribution >= 0.6 is 0 Å². The summed E-state index contributed by atoms with van der Waals surface area (Å²) in [6.07, 6.45) is 2.81. The van der Waals surface area contributed by atoms with Gasteiger partial charge < -0.3 is 19.2 Å². The standard InChI is InChI=1S/C34H37FN2O7S/c1-22(38)26-7-5-6-23(18-26)21-43-16-15-42-14-3-4-17-45(40,41)37-30-20-31-29(19-28(30)24-8-9-24)32(34(39)36-2)33(44-31)25-10-12-27(35)13-11-25/h5-7,10-13,18-20,24,37H,3-4,8-9,14-17,21H2,1-2H3,(H,36,39). The molecule has 1 amide bonds. The van der Waals surface area contributed by atoms with E-state index in [1.165, 1.54) is 38.2 Å². The summed E-state index contributed by atoms with van der Waals surface area (Å²) >= 11 is 0. The van der Waals surface area contributed by atoms with Gasteiger partial charge >= 0.3 is 0 Å². The van der Waals surface area contributed by atoms with Crippen LogP contribution < -0.4 is 10.0 Å². The molecular formula is C34H37FN2O7S. The van der Waals surface area contributed by atoms with Crippen LogP contribution in [0.2, 0.25) is 0 Å². The van der Waals surface area contributed by atoms with Gasteiger partial charge in [-0.15, -0.1) is 0 Å². The fourth-order valence-electron chi connectivity index (χ4n) is 5.14. The molecule has 0 spiro atoms. The summed E-state index contributed by atoms with van der Waals surface area (Å²) < 4.78 is 59.8. The lowest BCUT2D eigenvalue weighted by atomic mass is 10.0. The normalized spacial score (nSPS) is 13.2. The van der Waals surface area contributed by atoms with Crippen molar-refractivity contribution >= 4 is 38.4 Å². The first-order valence-corrected chi connectivity index (χ1v) is 16.6. The van der Waals surface area contributed by atoms with Gasteiger partial charge in [0.05, 0.1) is 36.8 Å². The van der Waals surface area contributed by atoms with Gasteiger partial charge in [0.2, 0.25) is 10.0 Å². The number of amides is 1. The summed E-state index contributed by atoms with van der Waals surface area (Å²) in [5.41, 5.74) is 4.04. The van der Waals surface area contributed by atoms with Gasteiger partial charge in [0.25, 0.3) is 5.91 Å². The highest BCUT2D eigenvalue weighted by atomic mass is 32.2. The molecule has 1 aliphatic rings. The Morgan fingerprint density at radius 3 is 2.44 bits per heavy atom. The predicted molar refractivity (Wildman–Crippen MR) is 171 cm³/mol. The number of nitrogens with one attached hydrogen (secondary N) is 2. The molecule has 0 saturated heterocycles. The second kappa shape index (κ2) is 14.4. The van der Waals surface area contributed by atoms with Crippen LogP contribution in [0.5, 0.6) is 0 Å². The second-order valence-electron chi connectivity index (χ2n) is 11.2. The number of halogens is 1. The summed E-state index contributed by atoms with van der Waals surface area (Å²) in [4.78, 5) is 24.4. The Labute approximate surface area is 262 Å². The highest BCUT2D eigenvalue weighted by Crippen LogP contribution is 2.46. The Balaban J connectivity index is 1.16. The summed E-state index contributed by atoms with van der Waals surface area (Å²) in [5, 5.41) is 3.22. The molecule has 0 bridgehead atoms. The van der Waals surface area contributed by atoms with Gasteiger partial charge in [-0.1, -0.05) is 18.2 Å². The van der Waals surface area contributed by atoms with Crippen molar-refractivity contribution in [3.63, 3.8) is 0 Å². The van der Waals surface area contributed by atoms with E-state index in [-0.39, 0.29) is 23.4 Å². The third kappa shape index (κ3) is 8.36. The summed E-state index contributed by atoms with van der Waals surface area (Å²) in [6.45, 7) is 3.07. The maximum Gasteiger partial charge on any atom is 0.255 e. The zero-order chi connectivity index (χ0) is 32.0. The maximum absolute atomic E-state index is 13.6. The van der Waals surface area contributed by atoms with Gasteiger partial charge in [0.1, 0.15) is 17.2 Å². The number of carbonyl (C=O) groups excluding carboxylic acids is 2. The minimum Gasteiger partial charge on any atom is -0.455 e. The van der Waals surface area contributed by atoms with E-state index in [0.29, 0.717) is 78.4 Å². The first-order chi connectivity index (χ1) is 21.6. The predicted octanol–water partition coefficient (Wildman–Crippen LogP) is 6.43. The topological polar surface area (TPSA) is 124 Å². The smallest absolute Gasteiger partial charge is 0.255 e. The van der Waals surface area contributed by atoms with Crippen molar-refractivity contribution in [3.8, 4) is 11.3 Å². The van der Waals surface area contributed by atoms with E-state index in [1.54, 1.807) is 12.1 Å². The lowest BCUT2D eigenvalue weighted by Gasteiger charge is -2.13. The number of anilines is 1. The van der Waals surface area contributed by atoms with E-state index in [4.69, 9.17) is 13.9 Å². The van der Waals surface area contributed by atoms with Gasteiger partial charge in [-0.05, 0) is 86.1 Å². The van der Waals surface area contributed by atoms with Crippen molar-refractivity contribution in [1.29, 1.82) is 0 Å². The first kappa shape index (κ1) is 32.3. The van der Waals surface area contributed by atoms with Crippen LogP contribution in [0, 0.1) is 5.82 Å². The van der Waals surface area contributed by atoms with Crippen LogP contribution in [-0.2, 0) is 26.1 Å². The molecule has 0 unspecified atom stereocenters. The van der Waals surface area contributed by atoms with Crippen LogP contribution in [0.25, 0.3) is 22.3 Å². The third-order valence-corrected chi connectivity index (χ3v) is 8.99. The van der Waals surface area contributed by atoms with Crippen molar-refractivity contribution in [2.75, 3.05) is 37.3 Å². The molecule has 5 rings (SSSR count). The number of benzene rings is 3. The Hall–Kier alpha value is -4.06. The Morgan fingerprint density at radius 2 is 1.73 bits per heavy atom. The van der Waals surface area contributed by atoms with Gasteiger partial charge in [-0.25, -0.2) is 12.8 Å². The van der Waals surface area contributed by atoms with Gasteiger partial charge in [-0.3, -0.25) is 14.3 Å². The maximum atomic E-state index is 13.6. The number of fused-ring (bicyclic) bond motifs is 1. The second-order valence-corrected chi connectivity index (χ2v) is 13.0. The number of Topliss-reactive ketones (excluding diaryl/α,β-unsaturated/α-hetero) is 1. The first-order valence-electron chi connectivity index (χ1n) is 15.0. The summed E-state index contributed by atoms with van der Waals surface area (Å²) in [5.74, 6) is -0.357. The molecule has 238 valence electrons. The minimum absolute atomic E-state index is 0.00732. The van der Waals surface area contributed by atoms with E-state index in [1.807, 2.05) is 24.3 Å². The average Bonchev–Trinajstić information content (AvgIpc) is 3.80. The molecule has 4 aromatic rings. The van der Waals surface area contributed by atoms with E-state index in [2.05, 4.69) is 10.0 Å². The molecule has 2 N–H and O–H groups in total. The molecular weight excluding hydrogens is 599 g/mol. The summed E-state index contributed by atoms with van der Waals surface area (Å²) in [6, 6.07) is 16.4. The molecule has 11 heteroatoms. The zero-order valence-electron chi connectivity index (χ0n) is 25.4. The molecule has 1 fully saturated rings. The SMILES string of the molecule is CNC(=O)c1c(-c2ccc(F)cc2)oc2cc(NS(=O)(=O)CCCCOCCOCc3cccc(C(C)=O)c3)c(C3CC3)cc12.